The summed E-state index contributed by atoms with van der Waals surface area (Å²) in [6.07, 6.45) is 0. The Kier molecular flexibility index (Phi) is 6.49. The summed E-state index contributed by atoms with van der Waals surface area (Å²) < 4.78 is 23.3. The van der Waals surface area contributed by atoms with Crippen molar-refractivity contribution in [1.29, 1.82) is 0 Å². The molecule has 4 nitrogen and oxygen atoms in total. The summed E-state index contributed by atoms with van der Waals surface area (Å²) in [6.45, 7) is 1.99. The summed E-state index contributed by atoms with van der Waals surface area (Å²) in [5.41, 5.74) is 1.58. The lowest BCUT2D eigenvalue weighted by molar-refractivity contribution is -0.113. The molecule has 0 spiro atoms. The maximum absolute atomic E-state index is 12.9. The smallest absolute Gasteiger partial charge is 0.234 e. The average molecular weight is 349 g/mol. The van der Waals surface area contributed by atoms with Crippen LogP contribution < -0.4 is 14.8 Å². The molecule has 0 fully saturated rings. The molecule has 1 amide bonds. The number of nitrogens with one attached hydrogen (secondary N) is 1. The minimum atomic E-state index is -0.264. The third-order valence-electron chi connectivity index (χ3n) is 3.49. The molecule has 2 aromatic carbocycles. The Morgan fingerprint density at radius 2 is 1.88 bits per heavy atom. The van der Waals surface area contributed by atoms with Crippen LogP contribution in [0.1, 0.15) is 17.7 Å². The van der Waals surface area contributed by atoms with Gasteiger partial charge in [-0.05, 0) is 36.8 Å². The summed E-state index contributed by atoms with van der Waals surface area (Å²) in [7, 11) is 3.11. The number of benzene rings is 2. The van der Waals surface area contributed by atoms with Crippen molar-refractivity contribution >= 4 is 23.4 Å². The van der Waals surface area contributed by atoms with Gasteiger partial charge in [0, 0.05) is 11.3 Å². The summed E-state index contributed by atoms with van der Waals surface area (Å²) >= 11 is 1.48. The predicted octanol–water partition coefficient (Wildman–Crippen LogP) is 4.28. The maximum Gasteiger partial charge on any atom is 0.234 e. The van der Waals surface area contributed by atoms with Crippen LogP contribution in [0.3, 0.4) is 0 Å². The fourth-order valence-corrected chi connectivity index (χ4v) is 2.94. The first-order valence-corrected chi connectivity index (χ1v) is 8.47. The molecule has 0 saturated heterocycles. The number of ether oxygens (including phenoxy) is 2. The number of carbonyl (C=O) groups is 1. The van der Waals surface area contributed by atoms with Crippen LogP contribution in [0.5, 0.6) is 11.5 Å². The minimum Gasteiger partial charge on any atom is -0.497 e. The fourth-order valence-electron chi connectivity index (χ4n) is 2.12. The molecule has 24 heavy (non-hydrogen) atoms. The van der Waals surface area contributed by atoms with Gasteiger partial charge in [-0.3, -0.25) is 4.79 Å². The van der Waals surface area contributed by atoms with E-state index in [2.05, 4.69) is 5.32 Å². The van der Waals surface area contributed by atoms with Crippen molar-refractivity contribution in [2.24, 2.45) is 0 Å². The normalized spacial score (nSPS) is 11.7. The lowest BCUT2D eigenvalue weighted by Crippen LogP contribution is -2.15. The van der Waals surface area contributed by atoms with E-state index in [0.717, 1.165) is 5.56 Å². The van der Waals surface area contributed by atoms with Crippen molar-refractivity contribution in [3.8, 4) is 11.5 Å². The molecule has 2 aromatic rings. The van der Waals surface area contributed by atoms with Crippen molar-refractivity contribution in [3.63, 3.8) is 0 Å². The van der Waals surface area contributed by atoms with Crippen LogP contribution in [0.2, 0.25) is 0 Å². The third kappa shape index (κ3) is 4.89. The van der Waals surface area contributed by atoms with Gasteiger partial charge < -0.3 is 14.8 Å². The molecule has 0 saturated carbocycles. The Bertz CT molecular complexity index is 691. The van der Waals surface area contributed by atoms with Gasteiger partial charge in [-0.2, -0.15) is 0 Å². The third-order valence-corrected chi connectivity index (χ3v) is 4.69. The van der Waals surface area contributed by atoms with Gasteiger partial charge in [-0.25, -0.2) is 4.39 Å². The molecule has 0 heterocycles. The molecule has 0 aliphatic heterocycles. The number of hydrogen-bond acceptors (Lipinski definition) is 4. The summed E-state index contributed by atoms with van der Waals surface area (Å²) in [4.78, 5) is 12.1. The molecule has 0 radical (unpaired) electrons. The molecule has 0 aliphatic carbocycles. The summed E-state index contributed by atoms with van der Waals surface area (Å²) in [5, 5.41) is 2.92. The number of rotatable bonds is 7. The van der Waals surface area contributed by atoms with Crippen LogP contribution in [0.4, 0.5) is 10.1 Å². The summed E-state index contributed by atoms with van der Waals surface area (Å²) in [6, 6.07) is 11.5. The van der Waals surface area contributed by atoms with Gasteiger partial charge in [-0.1, -0.05) is 12.1 Å². The Labute approximate surface area is 145 Å². The Morgan fingerprint density at radius 3 is 2.50 bits per heavy atom. The van der Waals surface area contributed by atoms with E-state index in [-0.39, 0.29) is 22.7 Å². The van der Waals surface area contributed by atoms with Gasteiger partial charge in [0.25, 0.3) is 0 Å². The quantitative estimate of drug-likeness (QED) is 0.811. The number of halogens is 1. The highest BCUT2D eigenvalue weighted by molar-refractivity contribution is 8.00. The van der Waals surface area contributed by atoms with Gasteiger partial charge in [-0.15, -0.1) is 11.8 Å². The number of amides is 1. The average Bonchev–Trinajstić information content (AvgIpc) is 2.60. The fraction of sp³-hybridized carbons (Fsp3) is 0.278. The molecule has 128 valence electrons. The first-order valence-electron chi connectivity index (χ1n) is 7.42. The minimum absolute atomic E-state index is 0.0918. The van der Waals surface area contributed by atoms with Gasteiger partial charge >= 0.3 is 0 Å². The van der Waals surface area contributed by atoms with Crippen LogP contribution in [-0.2, 0) is 4.79 Å². The zero-order valence-electron chi connectivity index (χ0n) is 13.8. The van der Waals surface area contributed by atoms with E-state index >= 15 is 0 Å². The van der Waals surface area contributed by atoms with Crippen LogP contribution in [-0.4, -0.2) is 25.9 Å². The van der Waals surface area contributed by atoms with E-state index in [1.807, 2.05) is 6.92 Å². The van der Waals surface area contributed by atoms with E-state index in [9.17, 15) is 9.18 Å². The van der Waals surface area contributed by atoms with Gasteiger partial charge in [0.05, 0.1) is 25.7 Å². The largest absolute Gasteiger partial charge is 0.497 e. The molecule has 0 aromatic heterocycles. The van der Waals surface area contributed by atoms with Gasteiger partial charge in [0.2, 0.25) is 5.91 Å². The number of thioether (sulfide) groups is 1. The van der Waals surface area contributed by atoms with E-state index in [1.165, 1.54) is 31.0 Å². The second kappa shape index (κ2) is 8.59. The molecule has 6 heteroatoms. The molecule has 0 aliphatic rings. The number of carbonyl (C=O) groups excluding carboxylic acids is 1. The molecule has 1 atom stereocenters. The van der Waals surface area contributed by atoms with E-state index in [1.54, 1.807) is 37.4 Å². The number of anilines is 1. The molecular formula is C18H20FNO3S. The van der Waals surface area contributed by atoms with Crippen molar-refractivity contribution < 1.29 is 18.7 Å². The summed E-state index contributed by atoms with van der Waals surface area (Å²) in [5.74, 6) is 1.09. The molecular weight excluding hydrogens is 329 g/mol. The first kappa shape index (κ1) is 18.1. The Hall–Kier alpha value is -2.21. The van der Waals surface area contributed by atoms with Gasteiger partial charge in [0.1, 0.15) is 17.3 Å². The lowest BCUT2D eigenvalue weighted by atomic mass is 10.2. The molecule has 2 rings (SSSR count). The second-order valence-corrected chi connectivity index (χ2v) is 6.45. The molecule has 0 bridgehead atoms. The topological polar surface area (TPSA) is 47.6 Å². The highest BCUT2D eigenvalue weighted by atomic mass is 32.2. The second-order valence-electron chi connectivity index (χ2n) is 5.12. The van der Waals surface area contributed by atoms with E-state index in [4.69, 9.17) is 9.47 Å². The Morgan fingerprint density at radius 1 is 1.17 bits per heavy atom. The SMILES string of the molecule is COc1ccc(NC(=O)CS[C@@H](C)c2ccc(F)cc2)c(OC)c1. The highest BCUT2D eigenvalue weighted by Gasteiger charge is 2.12. The number of hydrogen-bond donors (Lipinski definition) is 1. The van der Waals surface area contributed by atoms with Crippen molar-refractivity contribution in [1.82, 2.24) is 0 Å². The maximum atomic E-state index is 12.9. The van der Waals surface area contributed by atoms with Crippen molar-refractivity contribution in [2.75, 3.05) is 25.3 Å². The van der Waals surface area contributed by atoms with Crippen molar-refractivity contribution in [2.45, 2.75) is 12.2 Å². The standard InChI is InChI=1S/C18H20FNO3S/c1-12(13-4-6-14(19)7-5-13)24-11-18(21)20-16-9-8-15(22-2)10-17(16)23-3/h4-10,12H,11H2,1-3H3,(H,20,21)/t12-/m0/s1. The molecule has 1 N–H and O–H groups in total. The molecule has 0 unspecified atom stereocenters. The highest BCUT2D eigenvalue weighted by Crippen LogP contribution is 2.31. The van der Waals surface area contributed by atoms with Crippen LogP contribution in [0.15, 0.2) is 42.5 Å². The van der Waals surface area contributed by atoms with Crippen molar-refractivity contribution in [3.05, 3.63) is 53.8 Å². The monoisotopic (exact) mass is 349 g/mol. The van der Waals surface area contributed by atoms with Crippen LogP contribution in [0.25, 0.3) is 0 Å². The zero-order chi connectivity index (χ0) is 17.5. The van der Waals surface area contributed by atoms with E-state index in [0.29, 0.717) is 17.2 Å². The lowest BCUT2D eigenvalue weighted by Gasteiger charge is -2.13. The zero-order valence-corrected chi connectivity index (χ0v) is 14.7. The van der Waals surface area contributed by atoms with E-state index < -0.39 is 0 Å². The van der Waals surface area contributed by atoms with Gasteiger partial charge in [0.15, 0.2) is 0 Å². The number of methoxy groups -OCH3 is 2. The van der Waals surface area contributed by atoms with Crippen LogP contribution in [0, 0.1) is 5.82 Å². The Balaban J connectivity index is 1.92. The van der Waals surface area contributed by atoms with Crippen LogP contribution >= 0.6 is 11.8 Å². The first-order chi connectivity index (χ1) is 11.5. The predicted molar refractivity (Wildman–Crippen MR) is 95.4 cm³/mol.